The first-order chi connectivity index (χ1) is 7.08. The summed E-state index contributed by atoms with van der Waals surface area (Å²) in [6.45, 7) is 6.46. The summed E-state index contributed by atoms with van der Waals surface area (Å²) in [5.74, 6) is 0.807. The Labute approximate surface area is 89.3 Å². The number of rotatable bonds is 1. The number of nitrogen functional groups attached to an aromatic ring is 1. The van der Waals surface area contributed by atoms with Crippen LogP contribution in [0.1, 0.15) is 13.8 Å². The van der Waals surface area contributed by atoms with Gasteiger partial charge in [-0.25, -0.2) is 9.97 Å². The lowest BCUT2D eigenvalue weighted by Gasteiger charge is -2.39. The number of anilines is 2. The highest BCUT2D eigenvalue weighted by molar-refractivity contribution is 5.61. The smallest absolute Gasteiger partial charge is 0.155 e. The quantitative estimate of drug-likeness (QED) is 0.735. The third-order valence-corrected chi connectivity index (χ3v) is 2.44. The van der Waals surface area contributed by atoms with Crippen molar-refractivity contribution in [2.24, 2.45) is 0 Å². The van der Waals surface area contributed by atoms with Crippen LogP contribution in [0.4, 0.5) is 11.5 Å². The first kappa shape index (κ1) is 10.2. The molecule has 1 saturated heterocycles. The van der Waals surface area contributed by atoms with Crippen LogP contribution in [0.15, 0.2) is 12.5 Å². The molecule has 82 valence electrons. The second-order valence-corrected chi connectivity index (χ2v) is 4.33. The van der Waals surface area contributed by atoms with Crippen molar-refractivity contribution in [2.75, 3.05) is 30.3 Å². The van der Waals surface area contributed by atoms with Gasteiger partial charge in [0.05, 0.1) is 24.1 Å². The van der Waals surface area contributed by atoms with E-state index in [0.717, 1.165) is 18.9 Å². The van der Waals surface area contributed by atoms with E-state index in [1.807, 2.05) is 0 Å². The van der Waals surface area contributed by atoms with Crippen LogP contribution in [0.2, 0.25) is 0 Å². The van der Waals surface area contributed by atoms with Crippen molar-refractivity contribution in [1.82, 2.24) is 9.97 Å². The third kappa shape index (κ3) is 2.18. The van der Waals surface area contributed by atoms with Crippen LogP contribution >= 0.6 is 0 Å². The molecule has 2 heterocycles. The molecule has 1 aliphatic heterocycles. The predicted octanol–water partition coefficient (Wildman–Crippen LogP) is 0.674. The van der Waals surface area contributed by atoms with E-state index < -0.39 is 0 Å². The minimum atomic E-state index is -0.143. The largest absolute Gasteiger partial charge is 0.394 e. The molecular formula is C10H16N4O. The Morgan fingerprint density at radius 3 is 3.00 bits per heavy atom. The number of hydrogen-bond donors (Lipinski definition) is 1. The van der Waals surface area contributed by atoms with E-state index in [1.54, 1.807) is 6.20 Å². The van der Waals surface area contributed by atoms with Crippen molar-refractivity contribution < 1.29 is 4.74 Å². The summed E-state index contributed by atoms with van der Waals surface area (Å²) in [7, 11) is 0. The molecule has 0 aliphatic carbocycles. The average Bonchev–Trinajstić information content (AvgIpc) is 2.17. The van der Waals surface area contributed by atoms with Crippen molar-refractivity contribution in [2.45, 2.75) is 19.4 Å². The van der Waals surface area contributed by atoms with E-state index >= 15 is 0 Å². The van der Waals surface area contributed by atoms with Gasteiger partial charge in [-0.1, -0.05) is 0 Å². The van der Waals surface area contributed by atoms with Gasteiger partial charge in [-0.05, 0) is 13.8 Å². The molecule has 5 nitrogen and oxygen atoms in total. The Kier molecular flexibility index (Phi) is 2.48. The molecule has 0 amide bonds. The first-order valence-electron chi connectivity index (χ1n) is 5.03. The van der Waals surface area contributed by atoms with Crippen LogP contribution in [-0.2, 0) is 4.74 Å². The molecule has 0 saturated carbocycles. The van der Waals surface area contributed by atoms with Gasteiger partial charge in [0, 0.05) is 13.1 Å². The first-order valence-corrected chi connectivity index (χ1v) is 5.03. The van der Waals surface area contributed by atoms with Crippen LogP contribution in [0.25, 0.3) is 0 Å². The minimum Gasteiger partial charge on any atom is -0.394 e. The van der Waals surface area contributed by atoms with E-state index in [-0.39, 0.29) is 5.60 Å². The molecule has 5 heteroatoms. The molecule has 0 aromatic carbocycles. The number of nitrogens with zero attached hydrogens (tertiary/aromatic N) is 3. The SMILES string of the molecule is CC1(C)CN(c2ncncc2N)CCO1. The van der Waals surface area contributed by atoms with Gasteiger partial charge >= 0.3 is 0 Å². The highest BCUT2D eigenvalue weighted by Gasteiger charge is 2.28. The van der Waals surface area contributed by atoms with Crippen molar-refractivity contribution in [3.63, 3.8) is 0 Å². The highest BCUT2D eigenvalue weighted by Crippen LogP contribution is 2.24. The molecule has 0 atom stereocenters. The van der Waals surface area contributed by atoms with Crippen LogP contribution in [0.5, 0.6) is 0 Å². The standard InChI is InChI=1S/C10H16N4O/c1-10(2)6-14(3-4-15-10)9-8(11)5-12-7-13-9/h5,7H,3-4,6,11H2,1-2H3. The maximum atomic E-state index is 5.83. The summed E-state index contributed by atoms with van der Waals surface area (Å²) >= 11 is 0. The Balaban J connectivity index is 2.21. The zero-order chi connectivity index (χ0) is 10.9. The second kappa shape index (κ2) is 3.66. The fourth-order valence-electron chi connectivity index (χ4n) is 1.80. The molecule has 2 N–H and O–H groups in total. The lowest BCUT2D eigenvalue weighted by Crippen LogP contribution is -2.48. The molecule has 1 aliphatic rings. The summed E-state index contributed by atoms with van der Waals surface area (Å²) in [6, 6.07) is 0. The van der Waals surface area contributed by atoms with E-state index in [0.29, 0.717) is 12.3 Å². The Morgan fingerprint density at radius 2 is 2.33 bits per heavy atom. The van der Waals surface area contributed by atoms with Crippen molar-refractivity contribution in [3.05, 3.63) is 12.5 Å². The van der Waals surface area contributed by atoms with Gasteiger partial charge in [-0.15, -0.1) is 0 Å². The third-order valence-electron chi connectivity index (χ3n) is 2.44. The number of aromatic nitrogens is 2. The number of morpholine rings is 1. The maximum absolute atomic E-state index is 5.83. The summed E-state index contributed by atoms with van der Waals surface area (Å²) < 4.78 is 5.63. The van der Waals surface area contributed by atoms with Gasteiger partial charge in [0.1, 0.15) is 6.33 Å². The van der Waals surface area contributed by atoms with Gasteiger partial charge < -0.3 is 15.4 Å². The minimum absolute atomic E-state index is 0.143. The van der Waals surface area contributed by atoms with Gasteiger partial charge in [-0.3, -0.25) is 0 Å². The van der Waals surface area contributed by atoms with Crippen LogP contribution in [-0.4, -0.2) is 35.3 Å². The molecule has 2 rings (SSSR count). The summed E-state index contributed by atoms with van der Waals surface area (Å²) in [4.78, 5) is 10.2. The second-order valence-electron chi connectivity index (χ2n) is 4.33. The van der Waals surface area contributed by atoms with Crippen molar-refractivity contribution in [1.29, 1.82) is 0 Å². The molecule has 15 heavy (non-hydrogen) atoms. The van der Waals surface area contributed by atoms with E-state index in [1.165, 1.54) is 6.33 Å². The number of nitrogens with two attached hydrogens (primary N) is 1. The van der Waals surface area contributed by atoms with Crippen molar-refractivity contribution in [3.8, 4) is 0 Å². The molecule has 1 aromatic heterocycles. The molecule has 1 aromatic rings. The fourth-order valence-corrected chi connectivity index (χ4v) is 1.80. The van der Waals surface area contributed by atoms with Gasteiger partial charge in [0.2, 0.25) is 0 Å². The summed E-state index contributed by atoms with van der Waals surface area (Å²) in [5, 5.41) is 0. The molecule has 0 unspecified atom stereocenters. The molecule has 0 spiro atoms. The Hall–Kier alpha value is -1.36. The number of ether oxygens (including phenoxy) is 1. The highest BCUT2D eigenvalue weighted by atomic mass is 16.5. The molecule has 1 fully saturated rings. The summed E-state index contributed by atoms with van der Waals surface area (Å²) in [6.07, 6.45) is 3.15. The van der Waals surface area contributed by atoms with Crippen LogP contribution in [0.3, 0.4) is 0 Å². The van der Waals surface area contributed by atoms with E-state index in [9.17, 15) is 0 Å². The Morgan fingerprint density at radius 1 is 1.53 bits per heavy atom. The molecule has 0 bridgehead atoms. The molecular weight excluding hydrogens is 192 g/mol. The maximum Gasteiger partial charge on any atom is 0.155 e. The van der Waals surface area contributed by atoms with Crippen LogP contribution in [0, 0.1) is 0 Å². The topological polar surface area (TPSA) is 64.3 Å². The Bertz CT molecular complexity index is 353. The van der Waals surface area contributed by atoms with Gasteiger partial charge in [-0.2, -0.15) is 0 Å². The van der Waals surface area contributed by atoms with E-state index in [2.05, 4.69) is 28.7 Å². The zero-order valence-corrected chi connectivity index (χ0v) is 9.10. The van der Waals surface area contributed by atoms with E-state index in [4.69, 9.17) is 10.5 Å². The fraction of sp³-hybridized carbons (Fsp3) is 0.600. The van der Waals surface area contributed by atoms with Crippen LogP contribution < -0.4 is 10.6 Å². The van der Waals surface area contributed by atoms with Gasteiger partial charge in [0.25, 0.3) is 0 Å². The predicted molar refractivity (Wildman–Crippen MR) is 58.7 cm³/mol. The monoisotopic (exact) mass is 208 g/mol. The van der Waals surface area contributed by atoms with Crippen molar-refractivity contribution >= 4 is 11.5 Å². The lowest BCUT2D eigenvalue weighted by molar-refractivity contribution is -0.0278. The van der Waals surface area contributed by atoms with Gasteiger partial charge in [0.15, 0.2) is 5.82 Å². The summed E-state index contributed by atoms with van der Waals surface area (Å²) in [5.41, 5.74) is 6.31. The average molecular weight is 208 g/mol. The molecule has 0 radical (unpaired) electrons. The number of hydrogen-bond acceptors (Lipinski definition) is 5. The normalized spacial score (nSPS) is 20.3. The zero-order valence-electron chi connectivity index (χ0n) is 9.10. The lowest BCUT2D eigenvalue weighted by atomic mass is 10.1.